The van der Waals surface area contributed by atoms with Crippen molar-refractivity contribution in [2.75, 3.05) is 5.01 Å². The van der Waals surface area contributed by atoms with E-state index < -0.39 is 18.0 Å². The number of para-hydroxylation sites is 1. The van der Waals surface area contributed by atoms with Crippen LogP contribution in [0.1, 0.15) is 0 Å². The summed E-state index contributed by atoms with van der Waals surface area (Å²) in [6.07, 6.45) is 1.61. The van der Waals surface area contributed by atoms with Crippen LogP contribution in [0.15, 0.2) is 42.2 Å². The number of urea groups is 1. The lowest BCUT2D eigenvalue weighted by molar-refractivity contribution is -0.155. The van der Waals surface area contributed by atoms with Gasteiger partial charge >= 0.3 is 6.03 Å². The SMILES string of the molecule is O=C1NC2=CN(c3ccccc3)NC2C(=O)N1O. The summed E-state index contributed by atoms with van der Waals surface area (Å²) >= 11 is 0. The minimum atomic E-state index is -0.848. The van der Waals surface area contributed by atoms with Gasteiger partial charge in [-0.25, -0.2) is 10.2 Å². The van der Waals surface area contributed by atoms with Crippen LogP contribution in [0, 0.1) is 0 Å². The van der Waals surface area contributed by atoms with Crippen LogP contribution in [0.25, 0.3) is 0 Å². The van der Waals surface area contributed by atoms with Crippen LogP contribution in [-0.2, 0) is 4.79 Å². The Kier molecular flexibility index (Phi) is 2.29. The predicted octanol–water partition coefficient (Wildman–Crippen LogP) is 0.162. The second kappa shape index (κ2) is 3.83. The van der Waals surface area contributed by atoms with Crippen molar-refractivity contribution in [1.29, 1.82) is 0 Å². The van der Waals surface area contributed by atoms with Crippen molar-refractivity contribution in [1.82, 2.24) is 15.8 Å². The maximum atomic E-state index is 11.7. The number of carbonyl (C=O) groups excluding carboxylic acids is 2. The maximum Gasteiger partial charge on any atom is 0.352 e. The number of anilines is 1. The van der Waals surface area contributed by atoms with Crippen LogP contribution in [0.3, 0.4) is 0 Å². The lowest BCUT2D eigenvalue weighted by Crippen LogP contribution is -2.58. The third-order valence-corrected chi connectivity index (χ3v) is 2.78. The molecule has 1 fully saturated rings. The van der Waals surface area contributed by atoms with Gasteiger partial charge in [0.25, 0.3) is 5.91 Å². The van der Waals surface area contributed by atoms with E-state index in [-0.39, 0.29) is 5.06 Å². The Bertz CT molecular complexity index is 542. The molecule has 1 atom stereocenters. The van der Waals surface area contributed by atoms with Crippen LogP contribution >= 0.6 is 0 Å². The van der Waals surface area contributed by atoms with Crippen LogP contribution in [0.4, 0.5) is 10.5 Å². The summed E-state index contributed by atoms with van der Waals surface area (Å²) in [7, 11) is 0. The lowest BCUT2D eigenvalue weighted by atomic mass is 10.2. The third-order valence-electron chi connectivity index (χ3n) is 2.78. The summed E-state index contributed by atoms with van der Waals surface area (Å²) in [5, 5.41) is 13.4. The Labute approximate surface area is 102 Å². The molecule has 0 aliphatic carbocycles. The van der Waals surface area contributed by atoms with Crippen molar-refractivity contribution >= 4 is 17.6 Å². The van der Waals surface area contributed by atoms with Gasteiger partial charge in [0.1, 0.15) is 6.04 Å². The fourth-order valence-electron chi connectivity index (χ4n) is 1.89. The van der Waals surface area contributed by atoms with E-state index in [9.17, 15) is 14.8 Å². The van der Waals surface area contributed by atoms with Crippen molar-refractivity contribution < 1.29 is 14.8 Å². The molecule has 0 saturated carbocycles. The number of hydrogen-bond donors (Lipinski definition) is 3. The number of amides is 3. The zero-order valence-electron chi connectivity index (χ0n) is 9.20. The molecule has 2 aliphatic rings. The number of nitrogens with zero attached hydrogens (tertiary/aromatic N) is 2. The molecule has 7 nitrogen and oxygen atoms in total. The van der Waals surface area contributed by atoms with E-state index in [1.165, 1.54) is 0 Å². The number of fused-ring (bicyclic) bond motifs is 1. The highest BCUT2D eigenvalue weighted by Crippen LogP contribution is 2.22. The number of hydrogen-bond acceptors (Lipinski definition) is 5. The van der Waals surface area contributed by atoms with E-state index in [4.69, 9.17) is 0 Å². The summed E-state index contributed by atoms with van der Waals surface area (Å²) < 4.78 is 0. The number of nitrogens with one attached hydrogen (secondary N) is 2. The molecule has 1 aromatic rings. The van der Waals surface area contributed by atoms with Gasteiger partial charge in [-0.1, -0.05) is 18.2 Å². The fraction of sp³-hybridized carbons (Fsp3) is 0.0909. The molecule has 2 aliphatic heterocycles. The summed E-state index contributed by atoms with van der Waals surface area (Å²) in [6, 6.07) is 7.68. The van der Waals surface area contributed by atoms with Crippen molar-refractivity contribution in [3.05, 3.63) is 42.2 Å². The normalized spacial score (nSPS) is 22.7. The Morgan fingerprint density at radius 2 is 1.89 bits per heavy atom. The monoisotopic (exact) mass is 246 g/mol. The Balaban J connectivity index is 1.90. The number of imide groups is 1. The average Bonchev–Trinajstić information content (AvgIpc) is 2.81. The van der Waals surface area contributed by atoms with Gasteiger partial charge in [-0.2, -0.15) is 0 Å². The molecule has 0 spiro atoms. The number of hydroxylamine groups is 2. The van der Waals surface area contributed by atoms with Gasteiger partial charge in [-0.15, -0.1) is 5.06 Å². The molecule has 3 amide bonds. The zero-order chi connectivity index (χ0) is 12.7. The van der Waals surface area contributed by atoms with Crippen molar-refractivity contribution in [2.24, 2.45) is 0 Å². The third kappa shape index (κ3) is 1.53. The van der Waals surface area contributed by atoms with Crippen molar-refractivity contribution in [3.63, 3.8) is 0 Å². The van der Waals surface area contributed by atoms with Crippen LogP contribution in [0.2, 0.25) is 0 Å². The number of benzene rings is 1. The van der Waals surface area contributed by atoms with E-state index in [1.54, 1.807) is 11.2 Å². The first-order valence-electron chi connectivity index (χ1n) is 5.33. The second-order valence-electron chi connectivity index (χ2n) is 3.93. The van der Waals surface area contributed by atoms with Gasteiger partial charge in [-0.05, 0) is 12.1 Å². The molecule has 1 aromatic carbocycles. The Morgan fingerprint density at radius 3 is 2.61 bits per heavy atom. The Morgan fingerprint density at radius 1 is 1.17 bits per heavy atom. The number of carbonyl (C=O) groups is 2. The minimum Gasteiger partial charge on any atom is -0.306 e. The molecule has 92 valence electrons. The molecule has 1 saturated heterocycles. The minimum absolute atomic E-state index is 0.0729. The molecule has 18 heavy (non-hydrogen) atoms. The average molecular weight is 246 g/mol. The zero-order valence-corrected chi connectivity index (χ0v) is 9.20. The van der Waals surface area contributed by atoms with Gasteiger partial charge in [0.15, 0.2) is 0 Å². The maximum absolute atomic E-state index is 11.7. The van der Waals surface area contributed by atoms with Crippen molar-refractivity contribution in [2.45, 2.75) is 6.04 Å². The van der Waals surface area contributed by atoms with Gasteiger partial charge in [-0.3, -0.25) is 15.0 Å². The standard InChI is InChI=1S/C11H10N4O3/c16-10-9-8(12-11(17)15(10)18)6-14(13-9)7-4-2-1-3-5-7/h1-6,9,13,18H,(H,12,17). The number of hydrazine groups is 1. The van der Waals surface area contributed by atoms with E-state index >= 15 is 0 Å². The topological polar surface area (TPSA) is 84.9 Å². The molecule has 3 rings (SSSR count). The van der Waals surface area contributed by atoms with E-state index in [0.717, 1.165) is 5.69 Å². The molecule has 0 bridgehead atoms. The summed E-state index contributed by atoms with van der Waals surface area (Å²) in [4.78, 5) is 22.9. The first kappa shape index (κ1) is 10.8. The first-order chi connectivity index (χ1) is 8.66. The molecule has 7 heteroatoms. The molecule has 0 radical (unpaired) electrons. The molecular formula is C11H10N4O3. The van der Waals surface area contributed by atoms with Crippen LogP contribution in [0.5, 0.6) is 0 Å². The highest BCUT2D eigenvalue weighted by Gasteiger charge is 2.41. The Hall–Kier alpha value is -2.38. The van der Waals surface area contributed by atoms with E-state index in [0.29, 0.717) is 5.70 Å². The van der Waals surface area contributed by atoms with E-state index in [1.807, 2.05) is 30.3 Å². The predicted molar refractivity (Wildman–Crippen MR) is 61.1 cm³/mol. The summed E-state index contributed by atoms with van der Waals surface area (Å²) in [5.74, 6) is -0.705. The van der Waals surface area contributed by atoms with Crippen LogP contribution in [-0.4, -0.2) is 28.3 Å². The highest BCUT2D eigenvalue weighted by atomic mass is 16.5. The number of rotatable bonds is 1. The van der Waals surface area contributed by atoms with Gasteiger partial charge in [0.2, 0.25) is 0 Å². The fourth-order valence-corrected chi connectivity index (χ4v) is 1.89. The molecular weight excluding hydrogens is 236 g/mol. The highest BCUT2D eigenvalue weighted by molar-refractivity contribution is 6.02. The molecule has 1 unspecified atom stereocenters. The summed E-state index contributed by atoms with van der Waals surface area (Å²) in [5.41, 5.74) is 4.13. The van der Waals surface area contributed by atoms with E-state index in [2.05, 4.69) is 10.7 Å². The van der Waals surface area contributed by atoms with Gasteiger partial charge in [0.05, 0.1) is 11.4 Å². The van der Waals surface area contributed by atoms with Gasteiger partial charge in [0, 0.05) is 6.20 Å². The first-order valence-corrected chi connectivity index (χ1v) is 5.33. The smallest absolute Gasteiger partial charge is 0.306 e. The quantitative estimate of drug-likeness (QED) is 0.615. The van der Waals surface area contributed by atoms with Crippen molar-refractivity contribution in [3.8, 4) is 0 Å². The molecule has 3 N–H and O–H groups in total. The summed E-state index contributed by atoms with van der Waals surface area (Å²) in [6.45, 7) is 0. The van der Waals surface area contributed by atoms with Crippen LogP contribution < -0.4 is 15.8 Å². The molecule has 0 aromatic heterocycles. The van der Waals surface area contributed by atoms with Gasteiger partial charge < -0.3 is 5.32 Å². The second-order valence-corrected chi connectivity index (χ2v) is 3.93. The largest absolute Gasteiger partial charge is 0.352 e. The molecule has 2 heterocycles. The lowest BCUT2D eigenvalue weighted by Gasteiger charge is -2.26.